The summed E-state index contributed by atoms with van der Waals surface area (Å²) in [6, 6.07) is 3.04. The van der Waals surface area contributed by atoms with Gasteiger partial charge in [0.25, 0.3) is 0 Å². The molecule has 0 aliphatic heterocycles. The molecule has 1 aromatic heterocycles. The third kappa shape index (κ3) is 4.16. The van der Waals surface area contributed by atoms with E-state index in [0.29, 0.717) is 12.5 Å². The molecule has 6 heteroatoms. The Hall–Kier alpha value is -0.650. The predicted octanol–water partition coefficient (Wildman–Crippen LogP) is 2.98. The first-order valence-corrected chi connectivity index (χ1v) is 8.56. The molecule has 0 aromatic carbocycles. The van der Waals surface area contributed by atoms with Gasteiger partial charge >= 0.3 is 0 Å². The zero-order valence-electron chi connectivity index (χ0n) is 10.8. The number of nitrogens with one attached hydrogen (secondary N) is 1. The third-order valence-electron chi connectivity index (χ3n) is 3.58. The van der Waals surface area contributed by atoms with Crippen molar-refractivity contribution in [2.75, 3.05) is 6.54 Å². The molecule has 2 rings (SSSR count). The number of rotatable bonds is 5. The van der Waals surface area contributed by atoms with Crippen molar-refractivity contribution in [1.82, 2.24) is 9.71 Å². The standard InChI is InChI=1S/C13H19ClN2O2S/c14-13-12(7-4-9-15-13)19(17,18)16-10-8-11-5-2-1-3-6-11/h4,7,9,11,16H,1-3,5-6,8,10H2. The van der Waals surface area contributed by atoms with Gasteiger partial charge in [-0.25, -0.2) is 18.1 Å². The summed E-state index contributed by atoms with van der Waals surface area (Å²) in [5.41, 5.74) is 0. The van der Waals surface area contributed by atoms with E-state index in [4.69, 9.17) is 11.6 Å². The quantitative estimate of drug-likeness (QED) is 0.851. The molecule has 1 fully saturated rings. The van der Waals surface area contributed by atoms with Crippen LogP contribution in [0.25, 0.3) is 0 Å². The Bertz CT molecular complexity index is 513. The average Bonchev–Trinajstić information content (AvgIpc) is 2.40. The largest absolute Gasteiger partial charge is 0.243 e. The average molecular weight is 303 g/mol. The minimum Gasteiger partial charge on any atom is -0.243 e. The van der Waals surface area contributed by atoms with Crippen LogP contribution in [-0.4, -0.2) is 19.9 Å². The molecular formula is C13H19ClN2O2S. The van der Waals surface area contributed by atoms with E-state index >= 15 is 0 Å². The lowest BCUT2D eigenvalue weighted by atomic mass is 9.87. The predicted molar refractivity (Wildman–Crippen MR) is 75.6 cm³/mol. The molecule has 0 atom stereocenters. The Labute approximate surface area is 119 Å². The molecule has 1 heterocycles. The van der Waals surface area contributed by atoms with E-state index in [1.807, 2.05) is 0 Å². The summed E-state index contributed by atoms with van der Waals surface area (Å²) in [5.74, 6) is 0.654. The molecular weight excluding hydrogens is 284 g/mol. The SMILES string of the molecule is O=S(=O)(NCCC1CCCCC1)c1cccnc1Cl. The molecule has 4 nitrogen and oxygen atoms in total. The number of nitrogens with zero attached hydrogens (tertiary/aromatic N) is 1. The van der Waals surface area contributed by atoms with E-state index < -0.39 is 10.0 Å². The Morgan fingerprint density at radius 1 is 1.32 bits per heavy atom. The van der Waals surface area contributed by atoms with E-state index in [1.165, 1.54) is 44.4 Å². The lowest BCUT2D eigenvalue weighted by molar-refractivity contribution is 0.339. The van der Waals surface area contributed by atoms with E-state index in [2.05, 4.69) is 9.71 Å². The van der Waals surface area contributed by atoms with Crippen LogP contribution in [0.3, 0.4) is 0 Å². The molecule has 0 saturated heterocycles. The highest BCUT2D eigenvalue weighted by Gasteiger charge is 2.19. The van der Waals surface area contributed by atoms with Gasteiger partial charge in [0.05, 0.1) is 0 Å². The number of hydrogen-bond acceptors (Lipinski definition) is 3. The van der Waals surface area contributed by atoms with Gasteiger partial charge in [-0.05, 0) is 24.5 Å². The van der Waals surface area contributed by atoms with Crippen molar-refractivity contribution in [3.05, 3.63) is 23.5 Å². The highest BCUT2D eigenvalue weighted by Crippen LogP contribution is 2.26. The number of hydrogen-bond donors (Lipinski definition) is 1. The first-order valence-electron chi connectivity index (χ1n) is 6.70. The Balaban J connectivity index is 1.89. The minimum absolute atomic E-state index is 0.0210. The molecule has 0 amide bonds. The van der Waals surface area contributed by atoms with Crippen molar-refractivity contribution in [2.45, 2.75) is 43.4 Å². The second kappa shape index (κ2) is 6.68. The summed E-state index contributed by atoms with van der Waals surface area (Å²) in [5, 5.41) is 0.0210. The maximum atomic E-state index is 12.1. The lowest BCUT2D eigenvalue weighted by Gasteiger charge is -2.21. The first-order chi connectivity index (χ1) is 9.09. The van der Waals surface area contributed by atoms with Crippen LogP contribution in [0.15, 0.2) is 23.2 Å². The number of halogens is 1. The second-order valence-corrected chi connectivity index (χ2v) is 7.08. The normalized spacial score (nSPS) is 17.5. The van der Waals surface area contributed by atoms with Crippen molar-refractivity contribution in [3.63, 3.8) is 0 Å². The van der Waals surface area contributed by atoms with Crippen LogP contribution < -0.4 is 4.72 Å². The van der Waals surface area contributed by atoms with E-state index in [9.17, 15) is 8.42 Å². The van der Waals surface area contributed by atoms with Crippen LogP contribution in [0.5, 0.6) is 0 Å². The summed E-state index contributed by atoms with van der Waals surface area (Å²) in [6.07, 6.45) is 8.66. The van der Waals surface area contributed by atoms with E-state index in [1.54, 1.807) is 6.07 Å². The van der Waals surface area contributed by atoms with Gasteiger partial charge in [-0.2, -0.15) is 0 Å². The molecule has 1 aromatic rings. The van der Waals surface area contributed by atoms with Crippen LogP contribution >= 0.6 is 11.6 Å². The van der Waals surface area contributed by atoms with Crippen molar-refractivity contribution >= 4 is 21.6 Å². The summed E-state index contributed by atoms with van der Waals surface area (Å²) in [4.78, 5) is 3.85. The topological polar surface area (TPSA) is 59.1 Å². The highest BCUT2D eigenvalue weighted by molar-refractivity contribution is 7.89. The smallest absolute Gasteiger partial charge is 0.243 e. The third-order valence-corrected chi connectivity index (χ3v) is 5.49. The van der Waals surface area contributed by atoms with Crippen LogP contribution in [-0.2, 0) is 10.0 Å². The van der Waals surface area contributed by atoms with Gasteiger partial charge in [-0.3, -0.25) is 0 Å². The van der Waals surface area contributed by atoms with Crippen LogP contribution in [0.2, 0.25) is 5.15 Å². The van der Waals surface area contributed by atoms with Gasteiger partial charge in [0, 0.05) is 12.7 Å². The Morgan fingerprint density at radius 2 is 2.05 bits per heavy atom. The number of pyridine rings is 1. The fraction of sp³-hybridized carbons (Fsp3) is 0.615. The second-order valence-electron chi connectivity index (χ2n) is 4.98. The molecule has 1 saturated carbocycles. The van der Waals surface area contributed by atoms with E-state index in [-0.39, 0.29) is 10.0 Å². The summed E-state index contributed by atoms with van der Waals surface area (Å²) >= 11 is 5.81. The molecule has 106 valence electrons. The summed E-state index contributed by atoms with van der Waals surface area (Å²) in [6.45, 7) is 0.470. The van der Waals surface area contributed by atoms with Gasteiger partial charge in [-0.1, -0.05) is 43.7 Å². The Kier molecular flexibility index (Phi) is 5.19. The summed E-state index contributed by atoms with van der Waals surface area (Å²) < 4.78 is 26.7. The van der Waals surface area contributed by atoms with Gasteiger partial charge < -0.3 is 0 Å². The van der Waals surface area contributed by atoms with Crippen LogP contribution in [0, 0.1) is 5.92 Å². The lowest BCUT2D eigenvalue weighted by Crippen LogP contribution is -2.27. The fourth-order valence-electron chi connectivity index (χ4n) is 2.52. The van der Waals surface area contributed by atoms with Crippen LogP contribution in [0.4, 0.5) is 0 Å². The molecule has 0 bridgehead atoms. The Morgan fingerprint density at radius 3 is 2.74 bits per heavy atom. The van der Waals surface area contributed by atoms with Crippen molar-refractivity contribution in [1.29, 1.82) is 0 Å². The van der Waals surface area contributed by atoms with Crippen molar-refractivity contribution in [3.8, 4) is 0 Å². The molecule has 1 aliphatic rings. The van der Waals surface area contributed by atoms with Gasteiger partial charge in [-0.15, -0.1) is 0 Å². The number of sulfonamides is 1. The molecule has 1 aliphatic carbocycles. The first kappa shape index (κ1) is 14.8. The molecule has 0 unspecified atom stereocenters. The molecule has 0 spiro atoms. The summed E-state index contributed by atoms with van der Waals surface area (Å²) in [7, 11) is -3.54. The molecule has 1 N–H and O–H groups in total. The number of aromatic nitrogens is 1. The maximum absolute atomic E-state index is 12.1. The fourth-order valence-corrected chi connectivity index (χ4v) is 4.02. The van der Waals surface area contributed by atoms with E-state index in [0.717, 1.165) is 6.42 Å². The zero-order valence-corrected chi connectivity index (χ0v) is 12.4. The van der Waals surface area contributed by atoms with Crippen molar-refractivity contribution < 1.29 is 8.42 Å². The molecule has 0 radical (unpaired) electrons. The zero-order chi connectivity index (χ0) is 13.7. The van der Waals surface area contributed by atoms with Crippen molar-refractivity contribution in [2.24, 2.45) is 5.92 Å². The maximum Gasteiger partial charge on any atom is 0.243 e. The van der Waals surface area contributed by atoms with Gasteiger partial charge in [0.1, 0.15) is 10.0 Å². The van der Waals surface area contributed by atoms with Crippen LogP contribution in [0.1, 0.15) is 38.5 Å². The van der Waals surface area contributed by atoms with Gasteiger partial charge in [0.2, 0.25) is 10.0 Å². The van der Waals surface area contributed by atoms with Gasteiger partial charge in [0.15, 0.2) is 0 Å². The minimum atomic E-state index is -3.54. The highest BCUT2D eigenvalue weighted by atomic mass is 35.5. The monoisotopic (exact) mass is 302 g/mol. The molecule has 19 heavy (non-hydrogen) atoms.